The van der Waals surface area contributed by atoms with Crippen molar-refractivity contribution < 1.29 is 0 Å². The van der Waals surface area contributed by atoms with E-state index in [9.17, 15) is 0 Å². The number of nitrogens with two attached hydrogens (primary N) is 1. The van der Waals surface area contributed by atoms with Crippen molar-refractivity contribution in [2.45, 2.75) is 12.5 Å². The molecule has 1 unspecified atom stereocenters. The lowest BCUT2D eigenvalue weighted by molar-refractivity contribution is 0.700. The molecule has 0 spiro atoms. The topological polar surface area (TPSA) is 64.7 Å². The van der Waals surface area contributed by atoms with Crippen molar-refractivity contribution in [1.29, 1.82) is 0 Å². The van der Waals surface area contributed by atoms with Crippen LogP contribution >= 0.6 is 0 Å². The molecule has 0 bridgehead atoms. The molecular formula is C15H14N4. The van der Waals surface area contributed by atoms with E-state index in [1.807, 2.05) is 24.3 Å². The molecule has 0 aliphatic rings. The van der Waals surface area contributed by atoms with Crippen LogP contribution in [0.1, 0.15) is 17.3 Å². The molecule has 0 aliphatic heterocycles. The van der Waals surface area contributed by atoms with Crippen LogP contribution in [0.5, 0.6) is 0 Å². The van der Waals surface area contributed by atoms with Crippen molar-refractivity contribution in [2.75, 3.05) is 0 Å². The second-order valence-corrected chi connectivity index (χ2v) is 4.48. The van der Waals surface area contributed by atoms with Crippen LogP contribution in [0.2, 0.25) is 0 Å². The lowest BCUT2D eigenvalue weighted by Gasteiger charge is -2.10. The van der Waals surface area contributed by atoms with E-state index >= 15 is 0 Å². The van der Waals surface area contributed by atoms with Crippen LogP contribution in [-0.4, -0.2) is 15.0 Å². The monoisotopic (exact) mass is 250 g/mol. The van der Waals surface area contributed by atoms with Gasteiger partial charge in [0.15, 0.2) is 0 Å². The van der Waals surface area contributed by atoms with Gasteiger partial charge in [-0.25, -0.2) is 9.97 Å². The summed E-state index contributed by atoms with van der Waals surface area (Å²) in [4.78, 5) is 12.6. The molecule has 0 fully saturated rings. The molecule has 3 aromatic rings. The fraction of sp³-hybridized carbons (Fsp3) is 0.133. The van der Waals surface area contributed by atoms with Gasteiger partial charge in [-0.3, -0.25) is 4.98 Å². The molecule has 0 saturated carbocycles. The number of hydrogen-bond acceptors (Lipinski definition) is 4. The fourth-order valence-electron chi connectivity index (χ4n) is 2.07. The van der Waals surface area contributed by atoms with Gasteiger partial charge >= 0.3 is 0 Å². The molecular weight excluding hydrogens is 236 g/mol. The lowest BCUT2D eigenvalue weighted by atomic mass is 10.1. The van der Waals surface area contributed by atoms with Crippen molar-refractivity contribution in [3.05, 3.63) is 66.4 Å². The Bertz CT molecular complexity index is 682. The highest BCUT2D eigenvalue weighted by atomic mass is 14.8. The quantitative estimate of drug-likeness (QED) is 0.774. The van der Waals surface area contributed by atoms with E-state index in [4.69, 9.17) is 5.73 Å². The molecule has 4 heteroatoms. The molecule has 1 aromatic carbocycles. The Balaban J connectivity index is 1.85. The Morgan fingerprint density at radius 3 is 2.63 bits per heavy atom. The SMILES string of the molecule is NC(Cc1ccc2ccccc2n1)c1cncnc1. The summed E-state index contributed by atoms with van der Waals surface area (Å²) >= 11 is 0. The molecule has 0 amide bonds. The maximum Gasteiger partial charge on any atom is 0.115 e. The van der Waals surface area contributed by atoms with Gasteiger partial charge in [-0.2, -0.15) is 0 Å². The highest BCUT2D eigenvalue weighted by molar-refractivity contribution is 5.78. The standard InChI is InChI=1S/C15H14N4/c16-14(12-8-17-10-18-9-12)7-13-6-5-11-3-1-2-4-15(11)19-13/h1-6,8-10,14H,7,16H2. The van der Waals surface area contributed by atoms with Gasteiger partial charge in [0.1, 0.15) is 6.33 Å². The van der Waals surface area contributed by atoms with Crippen molar-refractivity contribution in [3.63, 3.8) is 0 Å². The summed E-state index contributed by atoms with van der Waals surface area (Å²) in [7, 11) is 0. The number of fused-ring (bicyclic) bond motifs is 1. The van der Waals surface area contributed by atoms with Crippen LogP contribution in [-0.2, 0) is 6.42 Å². The molecule has 0 saturated heterocycles. The zero-order valence-corrected chi connectivity index (χ0v) is 10.4. The maximum atomic E-state index is 6.15. The van der Waals surface area contributed by atoms with Gasteiger partial charge in [0.2, 0.25) is 0 Å². The van der Waals surface area contributed by atoms with Crippen LogP contribution in [0, 0.1) is 0 Å². The van der Waals surface area contributed by atoms with Crippen LogP contribution in [0.4, 0.5) is 0 Å². The minimum Gasteiger partial charge on any atom is -0.324 e. The van der Waals surface area contributed by atoms with E-state index in [0.29, 0.717) is 6.42 Å². The van der Waals surface area contributed by atoms with E-state index in [1.54, 1.807) is 12.4 Å². The Hall–Kier alpha value is -2.33. The number of pyridine rings is 1. The first kappa shape index (κ1) is 11.7. The predicted octanol–water partition coefficient (Wildman–Crippen LogP) is 2.27. The van der Waals surface area contributed by atoms with Crippen molar-refractivity contribution in [1.82, 2.24) is 15.0 Å². The highest BCUT2D eigenvalue weighted by Crippen LogP contribution is 2.16. The highest BCUT2D eigenvalue weighted by Gasteiger charge is 2.08. The molecule has 4 nitrogen and oxygen atoms in total. The van der Waals surface area contributed by atoms with Crippen LogP contribution in [0.3, 0.4) is 0 Å². The summed E-state index contributed by atoms with van der Waals surface area (Å²) in [6.45, 7) is 0. The van der Waals surface area contributed by atoms with E-state index in [-0.39, 0.29) is 6.04 Å². The summed E-state index contributed by atoms with van der Waals surface area (Å²) < 4.78 is 0. The first-order valence-electron chi connectivity index (χ1n) is 6.18. The van der Waals surface area contributed by atoms with Gasteiger partial charge in [-0.05, 0) is 12.1 Å². The number of para-hydroxylation sites is 1. The summed E-state index contributed by atoms with van der Waals surface area (Å²) in [5.41, 5.74) is 9.06. The number of hydrogen-bond donors (Lipinski definition) is 1. The van der Waals surface area contributed by atoms with Crippen LogP contribution in [0.25, 0.3) is 10.9 Å². The molecule has 0 aliphatic carbocycles. The average Bonchev–Trinajstić information content (AvgIpc) is 2.48. The summed E-state index contributed by atoms with van der Waals surface area (Å²) in [5.74, 6) is 0. The minimum atomic E-state index is -0.130. The molecule has 2 heterocycles. The number of nitrogens with zero attached hydrogens (tertiary/aromatic N) is 3. The second-order valence-electron chi connectivity index (χ2n) is 4.48. The summed E-state index contributed by atoms with van der Waals surface area (Å²) in [5, 5.41) is 1.14. The Morgan fingerprint density at radius 1 is 1.00 bits per heavy atom. The molecule has 0 radical (unpaired) electrons. The number of rotatable bonds is 3. The van der Waals surface area contributed by atoms with E-state index in [1.165, 1.54) is 6.33 Å². The third kappa shape index (κ3) is 2.58. The van der Waals surface area contributed by atoms with Gasteiger partial charge in [-0.15, -0.1) is 0 Å². The van der Waals surface area contributed by atoms with Crippen molar-refractivity contribution >= 4 is 10.9 Å². The van der Waals surface area contributed by atoms with Gasteiger partial charge < -0.3 is 5.73 Å². The molecule has 94 valence electrons. The largest absolute Gasteiger partial charge is 0.324 e. The number of benzene rings is 1. The zero-order chi connectivity index (χ0) is 13.1. The molecule has 19 heavy (non-hydrogen) atoms. The average molecular weight is 250 g/mol. The fourth-order valence-corrected chi connectivity index (χ4v) is 2.07. The first-order chi connectivity index (χ1) is 9.33. The van der Waals surface area contributed by atoms with Crippen molar-refractivity contribution in [2.24, 2.45) is 5.73 Å². The molecule has 1 atom stereocenters. The van der Waals surface area contributed by atoms with Crippen LogP contribution < -0.4 is 5.73 Å². The third-order valence-electron chi connectivity index (χ3n) is 3.09. The Labute approximate surface area is 111 Å². The summed E-state index contributed by atoms with van der Waals surface area (Å²) in [6, 6.07) is 12.0. The summed E-state index contributed by atoms with van der Waals surface area (Å²) in [6.07, 6.45) is 5.68. The van der Waals surface area contributed by atoms with Crippen molar-refractivity contribution in [3.8, 4) is 0 Å². The predicted molar refractivity (Wildman–Crippen MR) is 74.4 cm³/mol. The maximum absolute atomic E-state index is 6.15. The normalized spacial score (nSPS) is 12.5. The van der Waals surface area contributed by atoms with Gasteiger partial charge in [0.25, 0.3) is 0 Å². The molecule has 2 aromatic heterocycles. The lowest BCUT2D eigenvalue weighted by Crippen LogP contribution is -2.14. The Morgan fingerprint density at radius 2 is 1.79 bits per heavy atom. The number of aromatic nitrogens is 3. The van der Waals surface area contributed by atoms with Crippen LogP contribution in [0.15, 0.2) is 55.1 Å². The molecule has 3 rings (SSSR count). The van der Waals surface area contributed by atoms with E-state index < -0.39 is 0 Å². The van der Waals surface area contributed by atoms with Gasteiger partial charge in [0.05, 0.1) is 5.52 Å². The molecule has 2 N–H and O–H groups in total. The van der Waals surface area contributed by atoms with Gasteiger partial charge in [0, 0.05) is 41.5 Å². The van der Waals surface area contributed by atoms with E-state index in [2.05, 4.69) is 27.1 Å². The third-order valence-corrected chi connectivity index (χ3v) is 3.09. The smallest absolute Gasteiger partial charge is 0.115 e. The Kier molecular flexibility index (Phi) is 3.16. The van der Waals surface area contributed by atoms with Gasteiger partial charge in [-0.1, -0.05) is 24.3 Å². The van der Waals surface area contributed by atoms with E-state index in [0.717, 1.165) is 22.2 Å². The zero-order valence-electron chi connectivity index (χ0n) is 10.4. The minimum absolute atomic E-state index is 0.130. The first-order valence-corrected chi connectivity index (χ1v) is 6.18. The second kappa shape index (κ2) is 5.12.